The Kier molecular flexibility index (Phi) is 5.74. The molecule has 0 heterocycles. The molecule has 3 rings (SSSR count). The van der Waals surface area contributed by atoms with Gasteiger partial charge in [0.2, 0.25) is 0 Å². The number of para-hydroxylation sites is 1. The van der Waals surface area contributed by atoms with Gasteiger partial charge in [0.25, 0.3) is 0 Å². The number of ether oxygens (including phenoxy) is 2. The van der Waals surface area contributed by atoms with Gasteiger partial charge >= 0.3 is 0 Å². The van der Waals surface area contributed by atoms with Crippen LogP contribution in [-0.2, 0) is 13.2 Å². The van der Waals surface area contributed by atoms with Crippen molar-refractivity contribution in [3.8, 4) is 17.2 Å². The summed E-state index contributed by atoms with van der Waals surface area (Å²) in [6.07, 6.45) is 0. The molecule has 3 aromatic carbocycles. The third-order valence-electron chi connectivity index (χ3n) is 3.75. The van der Waals surface area contributed by atoms with Crippen molar-refractivity contribution in [3.63, 3.8) is 0 Å². The SMILES string of the molecule is Cc1ccccc1OCc1cc(CO)cc(Oc2ccc(Br)cc2)c1. The molecule has 3 nitrogen and oxygen atoms in total. The van der Waals surface area contributed by atoms with Crippen molar-refractivity contribution in [2.75, 3.05) is 0 Å². The summed E-state index contributed by atoms with van der Waals surface area (Å²) in [5, 5.41) is 9.52. The topological polar surface area (TPSA) is 38.7 Å². The van der Waals surface area contributed by atoms with Crippen LogP contribution >= 0.6 is 15.9 Å². The van der Waals surface area contributed by atoms with Crippen molar-refractivity contribution in [1.82, 2.24) is 0 Å². The average molecular weight is 399 g/mol. The van der Waals surface area contributed by atoms with E-state index in [9.17, 15) is 5.11 Å². The molecule has 0 aromatic heterocycles. The van der Waals surface area contributed by atoms with Gasteiger partial charge in [-0.2, -0.15) is 0 Å². The van der Waals surface area contributed by atoms with Gasteiger partial charge in [0.05, 0.1) is 6.61 Å². The zero-order valence-electron chi connectivity index (χ0n) is 13.9. The van der Waals surface area contributed by atoms with E-state index in [0.29, 0.717) is 12.4 Å². The van der Waals surface area contributed by atoms with Gasteiger partial charge in [-0.3, -0.25) is 0 Å². The Labute approximate surface area is 156 Å². The first kappa shape index (κ1) is 17.5. The summed E-state index contributed by atoms with van der Waals surface area (Å²) in [6.45, 7) is 2.38. The molecule has 0 unspecified atom stereocenters. The fourth-order valence-electron chi connectivity index (χ4n) is 2.48. The zero-order valence-corrected chi connectivity index (χ0v) is 15.5. The van der Waals surface area contributed by atoms with E-state index in [4.69, 9.17) is 9.47 Å². The number of hydrogen-bond acceptors (Lipinski definition) is 3. The third kappa shape index (κ3) is 4.84. The molecule has 0 saturated heterocycles. The Morgan fingerprint density at radius 3 is 2.32 bits per heavy atom. The van der Waals surface area contributed by atoms with Crippen LogP contribution < -0.4 is 9.47 Å². The van der Waals surface area contributed by atoms with E-state index in [0.717, 1.165) is 32.7 Å². The molecule has 1 N–H and O–H groups in total. The van der Waals surface area contributed by atoms with Crippen LogP contribution in [0, 0.1) is 6.92 Å². The summed E-state index contributed by atoms with van der Waals surface area (Å²) in [5.41, 5.74) is 2.83. The van der Waals surface area contributed by atoms with Gasteiger partial charge in [-0.25, -0.2) is 0 Å². The second-order valence-electron chi connectivity index (χ2n) is 5.75. The van der Waals surface area contributed by atoms with E-state index in [2.05, 4.69) is 15.9 Å². The molecule has 0 saturated carbocycles. The van der Waals surface area contributed by atoms with Gasteiger partial charge in [-0.1, -0.05) is 34.1 Å². The molecule has 3 aromatic rings. The maximum Gasteiger partial charge on any atom is 0.128 e. The molecule has 4 heteroatoms. The first-order valence-corrected chi connectivity index (χ1v) is 8.79. The summed E-state index contributed by atoms with van der Waals surface area (Å²) in [4.78, 5) is 0. The standard InChI is InChI=1S/C21H19BrO3/c1-15-4-2-3-5-21(15)24-14-17-10-16(13-23)11-20(12-17)25-19-8-6-18(22)7-9-19/h2-12,23H,13-14H2,1H3. The van der Waals surface area contributed by atoms with E-state index in [1.807, 2.05) is 73.7 Å². The predicted octanol–water partition coefficient (Wildman–Crippen LogP) is 5.62. The molecular formula is C21H19BrO3. The molecule has 128 valence electrons. The van der Waals surface area contributed by atoms with E-state index < -0.39 is 0 Å². The molecule has 0 bridgehead atoms. The second-order valence-corrected chi connectivity index (χ2v) is 6.67. The van der Waals surface area contributed by atoms with Gasteiger partial charge in [-0.15, -0.1) is 0 Å². The highest BCUT2D eigenvalue weighted by Gasteiger charge is 2.05. The summed E-state index contributed by atoms with van der Waals surface area (Å²) >= 11 is 3.41. The Morgan fingerprint density at radius 2 is 1.60 bits per heavy atom. The maximum absolute atomic E-state index is 9.52. The lowest BCUT2D eigenvalue weighted by atomic mass is 10.1. The predicted molar refractivity (Wildman–Crippen MR) is 102 cm³/mol. The van der Waals surface area contributed by atoms with E-state index >= 15 is 0 Å². The third-order valence-corrected chi connectivity index (χ3v) is 4.27. The lowest BCUT2D eigenvalue weighted by Crippen LogP contribution is -1.99. The monoisotopic (exact) mass is 398 g/mol. The maximum atomic E-state index is 9.52. The summed E-state index contributed by atoms with van der Waals surface area (Å²) in [7, 11) is 0. The molecular weight excluding hydrogens is 380 g/mol. The fraction of sp³-hybridized carbons (Fsp3) is 0.143. The zero-order chi connectivity index (χ0) is 17.6. The van der Waals surface area contributed by atoms with Crippen LogP contribution in [0.15, 0.2) is 71.2 Å². The van der Waals surface area contributed by atoms with Crippen molar-refractivity contribution in [2.45, 2.75) is 20.1 Å². The number of aliphatic hydroxyl groups excluding tert-OH is 1. The summed E-state index contributed by atoms with van der Waals surface area (Å²) in [5.74, 6) is 2.27. The second kappa shape index (κ2) is 8.19. The number of rotatable bonds is 6. The Morgan fingerprint density at radius 1 is 0.880 bits per heavy atom. The van der Waals surface area contributed by atoms with Gasteiger partial charge in [0.15, 0.2) is 0 Å². The average Bonchev–Trinajstić information content (AvgIpc) is 2.63. The smallest absolute Gasteiger partial charge is 0.128 e. The van der Waals surface area contributed by atoms with Crippen LogP contribution in [0.1, 0.15) is 16.7 Å². The molecule has 0 aliphatic heterocycles. The first-order chi connectivity index (χ1) is 12.1. The summed E-state index contributed by atoms with van der Waals surface area (Å²) in [6, 6.07) is 21.2. The molecule has 0 aliphatic carbocycles. The molecule has 0 spiro atoms. The molecule has 0 atom stereocenters. The van der Waals surface area contributed by atoms with Gasteiger partial charge < -0.3 is 14.6 Å². The molecule has 0 aliphatic rings. The Balaban J connectivity index is 1.77. The van der Waals surface area contributed by atoms with Crippen LogP contribution in [0.5, 0.6) is 17.2 Å². The van der Waals surface area contributed by atoms with E-state index in [1.54, 1.807) is 0 Å². The molecule has 0 amide bonds. The number of hydrogen-bond donors (Lipinski definition) is 1. The number of halogens is 1. The van der Waals surface area contributed by atoms with Gasteiger partial charge in [-0.05, 0) is 72.1 Å². The van der Waals surface area contributed by atoms with Crippen molar-refractivity contribution < 1.29 is 14.6 Å². The van der Waals surface area contributed by atoms with Gasteiger partial charge in [0.1, 0.15) is 23.9 Å². The van der Waals surface area contributed by atoms with Crippen LogP contribution in [0.25, 0.3) is 0 Å². The quantitative estimate of drug-likeness (QED) is 0.585. The molecule has 0 radical (unpaired) electrons. The minimum absolute atomic E-state index is 0.0467. The van der Waals surface area contributed by atoms with Crippen molar-refractivity contribution in [2.24, 2.45) is 0 Å². The van der Waals surface area contributed by atoms with Crippen molar-refractivity contribution in [1.29, 1.82) is 0 Å². The van der Waals surface area contributed by atoms with Crippen LogP contribution in [0.2, 0.25) is 0 Å². The number of aryl methyl sites for hydroxylation is 1. The Bertz CT molecular complexity index is 844. The normalized spacial score (nSPS) is 10.5. The van der Waals surface area contributed by atoms with Crippen LogP contribution in [0.4, 0.5) is 0 Å². The highest BCUT2D eigenvalue weighted by molar-refractivity contribution is 9.10. The fourth-order valence-corrected chi connectivity index (χ4v) is 2.74. The number of benzene rings is 3. The summed E-state index contributed by atoms with van der Waals surface area (Å²) < 4.78 is 12.8. The minimum Gasteiger partial charge on any atom is -0.489 e. The van der Waals surface area contributed by atoms with Crippen molar-refractivity contribution >= 4 is 15.9 Å². The lowest BCUT2D eigenvalue weighted by Gasteiger charge is -2.12. The Hall–Kier alpha value is -2.30. The largest absolute Gasteiger partial charge is 0.489 e. The number of aliphatic hydroxyl groups is 1. The van der Waals surface area contributed by atoms with E-state index in [-0.39, 0.29) is 6.61 Å². The van der Waals surface area contributed by atoms with Gasteiger partial charge in [0, 0.05) is 4.47 Å². The van der Waals surface area contributed by atoms with Crippen molar-refractivity contribution in [3.05, 3.63) is 87.9 Å². The highest BCUT2D eigenvalue weighted by Crippen LogP contribution is 2.26. The first-order valence-electron chi connectivity index (χ1n) is 7.99. The van der Waals surface area contributed by atoms with Crippen LogP contribution in [-0.4, -0.2) is 5.11 Å². The van der Waals surface area contributed by atoms with Crippen LogP contribution in [0.3, 0.4) is 0 Å². The lowest BCUT2D eigenvalue weighted by molar-refractivity contribution is 0.279. The molecule has 25 heavy (non-hydrogen) atoms. The minimum atomic E-state index is -0.0467. The molecule has 0 fully saturated rings. The van der Waals surface area contributed by atoms with E-state index in [1.165, 1.54) is 0 Å². The highest BCUT2D eigenvalue weighted by atomic mass is 79.9.